The number of nitrogens with zero attached hydrogens (tertiary/aromatic N) is 3. The number of hydrogen-bond donors (Lipinski definition) is 1. The van der Waals surface area contributed by atoms with E-state index in [4.69, 9.17) is 0 Å². The summed E-state index contributed by atoms with van der Waals surface area (Å²) < 4.78 is 12.9. The molecule has 0 bridgehead atoms. The van der Waals surface area contributed by atoms with Crippen LogP contribution in [-0.2, 0) is 9.59 Å². The van der Waals surface area contributed by atoms with E-state index in [0.29, 0.717) is 38.3 Å². The van der Waals surface area contributed by atoms with Gasteiger partial charge >= 0.3 is 0 Å². The van der Waals surface area contributed by atoms with Crippen LogP contribution in [0.25, 0.3) is 0 Å². The Kier molecular flexibility index (Phi) is 6.97. The van der Waals surface area contributed by atoms with Crippen molar-refractivity contribution in [2.24, 2.45) is 0 Å². The predicted molar refractivity (Wildman–Crippen MR) is 102 cm³/mol. The molecule has 2 aliphatic rings. The molecule has 28 heavy (non-hydrogen) atoms. The number of benzene rings is 1. The average Bonchev–Trinajstić information content (AvgIpc) is 2.73. The summed E-state index contributed by atoms with van der Waals surface area (Å²) in [7, 11) is 0. The van der Waals surface area contributed by atoms with Crippen molar-refractivity contribution in [2.45, 2.75) is 19.3 Å². The molecule has 0 aliphatic carbocycles. The van der Waals surface area contributed by atoms with Gasteiger partial charge in [-0.15, -0.1) is 0 Å². The van der Waals surface area contributed by atoms with Gasteiger partial charge in [0.15, 0.2) is 0 Å². The molecule has 3 rings (SSSR count). The molecule has 0 spiro atoms. The fraction of sp³-hybridized carbons (Fsp3) is 0.550. The minimum Gasteiger partial charge on any atom is -0.343 e. The summed E-state index contributed by atoms with van der Waals surface area (Å²) in [5, 5.41) is 2.57. The first-order chi connectivity index (χ1) is 13.5. The lowest BCUT2D eigenvalue weighted by Gasteiger charge is -2.36. The Morgan fingerprint density at radius 2 is 1.43 bits per heavy atom. The van der Waals surface area contributed by atoms with Crippen LogP contribution in [0.2, 0.25) is 0 Å². The standard InChI is InChI=1S/C20H27FN4O3/c21-17-6-4-16(5-7-17)20(28)22-14-18(26)25-12-10-23(11-13-25)15-19(27)24-8-2-1-3-9-24/h4-7H,1-3,8-15H2,(H,22,28). The number of piperidine rings is 1. The maximum atomic E-state index is 12.9. The second kappa shape index (κ2) is 9.64. The van der Waals surface area contributed by atoms with Gasteiger partial charge in [0, 0.05) is 44.8 Å². The molecule has 0 saturated carbocycles. The van der Waals surface area contributed by atoms with E-state index in [-0.39, 0.29) is 18.4 Å². The highest BCUT2D eigenvalue weighted by Gasteiger charge is 2.25. The van der Waals surface area contributed by atoms with Crippen molar-refractivity contribution in [3.05, 3.63) is 35.6 Å². The van der Waals surface area contributed by atoms with Gasteiger partial charge in [0.2, 0.25) is 11.8 Å². The lowest BCUT2D eigenvalue weighted by Crippen LogP contribution is -2.53. The SMILES string of the molecule is O=C(NCC(=O)N1CCN(CC(=O)N2CCCCC2)CC1)c1ccc(F)cc1. The van der Waals surface area contributed by atoms with Gasteiger partial charge < -0.3 is 15.1 Å². The van der Waals surface area contributed by atoms with Crippen LogP contribution in [-0.4, -0.2) is 84.8 Å². The fourth-order valence-electron chi connectivity index (χ4n) is 3.56. The Balaban J connectivity index is 1.38. The third kappa shape index (κ3) is 5.51. The summed E-state index contributed by atoms with van der Waals surface area (Å²) in [5.74, 6) is -0.799. The Labute approximate surface area is 164 Å². The van der Waals surface area contributed by atoms with Crippen molar-refractivity contribution < 1.29 is 18.8 Å². The van der Waals surface area contributed by atoms with Crippen LogP contribution >= 0.6 is 0 Å². The minimum atomic E-state index is -0.413. The molecular formula is C20H27FN4O3. The summed E-state index contributed by atoms with van der Waals surface area (Å²) in [4.78, 5) is 42.4. The van der Waals surface area contributed by atoms with Crippen LogP contribution in [0.4, 0.5) is 4.39 Å². The zero-order valence-electron chi connectivity index (χ0n) is 16.0. The number of nitrogens with one attached hydrogen (secondary N) is 1. The highest BCUT2D eigenvalue weighted by molar-refractivity contribution is 5.96. The van der Waals surface area contributed by atoms with Gasteiger partial charge in [-0.1, -0.05) is 0 Å². The maximum Gasteiger partial charge on any atom is 0.251 e. The topological polar surface area (TPSA) is 73.0 Å². The van der Waals surface area contributed by atoms with Gasteiger partial charge in [-0.05, 0) is 43.5 Å². The Morgan fingerprint density at radius 3 is 2.07 bits per heavy atom. The number of rotatable bonds is 5. The van der Waals surface area contributed by atoms with Crippen LogP contribution in [0.1, 0.15) is 29.6 Å². The van der Waals surface area contributed by atoms with Gasteiger partial charge in [0.05, 0.1) is 13.1 Å². The van der Waals surface area contributed by atoms with E-state index in [1.165, 1.54) is 30.7 Å². The third-order valence-electron chi connectivity index (χ3n) is 5.30. The summed E-state index contributed by atoms with van der Waals surface area (Å²) >= 11 is 0. The number of halogens is 1. The molecule has 152 valence electrons. The first-order valence-electron chi connectivity index (χ1n) is 9.84. The summed E-state index contributed by atoms with van der Waals surface area (Å²) in [6, 6.07) is 5.18. The zero-order valence-corrected chi connectivity index (χ0v) is 16.0. The summed E-state index contributed by atoms with van der Waals surface area (Å²) in [6.45, 7) is 4.40. The molecule has 3 amide bonds. The molecule has 7 nitrogen and oxygen atoms in total. The molecule has 2 saturated heterocycles. The molecular weight excluding hydrogens is 363 g/mol. The molecule has 2 aliphatic heterocycles. The Morgan fingerprint density at radius 1 is 0.821 bits per heavy atom. The number of hydrogen-bond acceptors (Lipinski definition) is 4. The second-order valence-electron chi connectivity index (χ2n) is 7.29. The molecule has 0 unspecified atom stereocenters. The Bertz CT molecular complexity index is 696. The predicted octanol–water partition coefficient (Wildman–Crippen LogP) is 0.712. The number of piperazine rings is 1. The van der Waals surface area contributed by atoms with Crippen LogP contribution < -0.4 is 5.32 Å². The van der Waals surface area contributed by atoms with E-state index in [2.05, 4.69) is 10.2 Å². The maximum absolute atomic E-state index is 12.9. The first-order valence-corrected chi connectivity index (χ1v) is 9.84. The quantitative estimate of drug-likeness (QED) is 0.804. The van der Waals surface area contributed by atoms with Crippen LogP contribution in [0.3, 0.4) is 0 Å². The van der Waals surface area contributed by atoms with Crippen molar-refractivity contribution in [3.63, 3.8) is 0 Å². The molecule has 8 heteroatoms. The van der Waals surface area contributed by atoms with E-state index < -0.39 is 11.7 Å². The van der Waals surface area contributed by atoms with Gasteiger partial charge in [0.25, 0.3) is 5.91 Å². The van der Waals surface area contributed by atoms with E-state index in [1.54, 1.807) is 4.90 Å². The van der Waals surface area contributed by atoms with Crippen molar-refractivity contribution in [3.8, 4) is 0 Å². The molecule has 0 aromatic heterocycles. The Hall–Kier alpha value is -2.48. The van der Waals surface area contributed by atoms with Crippen LogP contribution in [0.15, 0.2) is 24.3 Å². The number of amides is 3. The smallest absolute Gasteiger partial charge is 0.251 e. The third-order valence-corrected chi connectivity index (χ3v) is 5.30. The van der Waals surface area contributed by atoms with Crippen molar-refractivity contribution in [1.82, 2.24) is 20.0 Å². The largest absolute Gasteiger partial charge is 0.343 e. The lowest BCUT2D eigenvalue weighted by atomic mass is 10.1. The highest BCUT2D eigenvalue weighted by Crippen LogP contribution is 2.10. The fourth-order valence-corrected chi connectivity index (χ4v) is 3.56. The second-order valence-corrected chi connectivity index (χ2v) is 7.29. The molecule has 0 radical (unpaired) electrons. The van der Waals surface area contributed by atoms with Gasteiger partial charge in [0.1, 0.15) is 5.82 Å². The highest BCUT2D eigenvalue weighted by atomic mass is 19.1. The number of carbonyl (C=O) groups excluding carboxylic acids is 3. The molecule has 2 fully saturated rings. The van der Waals surface area contributed by atoms with Crippen LogP contribution in [0.5, 0.6) is 0 Å². The monoisotopic (exact) mass is 390 g/mol. The van der Waals surface area contributed by atoms with Gasteiger partial charge in [-0.2, -0.15) is 0 Å². The van der Waals surface area contributed by atoms with E-state index in [0.717, 1.165) is 25.9 Å². The normalized spacial score (nSPS) is 18.0. The molecule has 1 N–H and O–H groups in total. The van der Waals surface area contributed by atoms with Crippen LogP contribution in [0, 0.1) is 5.82 Å². The van der Waals surface area contributed by atoms with Crippen molar-refractivity contribution in [2.75, 3.05) is 52.4 Å². The average molecular weight is 390 g/mol. The van der Waals surface area contributed by atoms with Gasteiger partial charge in [-0.25, -0.2) is 4.39 Å². The lowest BCUT2D eigenvalue weighted by molar-refractivity contribution is -0.135. The van der Waals surface area contributed by atoms with Crippen molar-refractivity contribution >= 4 is 17.7 Å². The number of likely N-dealkylation sites (tertiary alicyclic amines) is 1. The molecule has 1 aromatic rings. The van der Waals surface area contributed by atoms with Crippen molar-refractivity contribution in [1.29, 1.82) is 0 Å². The summed E-state index contributed by atoms with van der Waals surface area (Å²) in [6.07, 6.45) is 3.36. The van der Waals surface area contributed by atoms with Gasteiger partial charge in [-0.3, -0.25) is 19.3 Å². The molecule has 1 aromatic carbocycles. The first kappa shape index (κ1) is 20.3. The zero-order chi connectivity index (χ0) is 19.9. The number of carbonyl (C=O) groups is 3. The van der Waals surface area contributed by atoms with E-state index in [1.807, 2.05) is 4.90 Å². The molecule has 0 atom stereocenters. The van der Waals surface area contributed by atoms with E-state index >= 15 is 0 Å². The minimum absolute atomic E-state index is 0.0943. The van der Waals surface area contributed by atoms with E-state index in [9.17, 15) is 18.8 Å². The molecule has 2 heterocycles. The summed E-state index contributed by atoms with van der Waals surface area (Å²) in [5.41, 5.74) is 0.315.